The van der Waals surface area contributed by atoms with Gasteiger partial charge in [0.1, 0.15) is 6.04 Å². The van der Waals surface area contributed by atoms with Crippen LogP contribution in [0.3, 0.4) is 0 Å². The number of halogens is 1. The minimum Gasteiger partial charge on any atom is -0.465 e. The number of nitrogens with zero attached hydrogens (tertiary/aromatic N) is 3. The molecule has 8 heteroatoms. The van der Waals surface area contributed by atoms with Crippen molar-refractivity contribution in [2.45, 2.75) is 19.9 Å². The topological polar surface area (TPSA) is 74.2 Å². The van der Waals surface area contributed by atoms with Gasteiger partial charge in [0.05, 0.1) is 6.61 Å². The van der Waals surface area contributed by atoms with Crippen LogP contribution in [0.4, 0.5) is 0 Å². The quantitative estimate of drug-likeness (QED) is 0.623. The molecule has 3 rings (SSSR count). The number of likely N-dealkylation sites (N-methyl/N-ethyl adjacent to an activating group) is 1. The van der Waals surface area contributed by atoms with Gasteiger partial charge in [0.15, 0.2) is 5.92 Å². The van der Waals surface area contributed by atoms with E-state index in [4.69, 9.17) is 21.3 Å². The number of hydrogen-bond acceptors (Lipinski definition) is 6. The number of ether oxygens (including phenoxy) is 1. The largest absolute Gasteiger partial charge is 0.465 e. The van der Waals surface area contributed by atoms with E-state index in [2.05, 4.69) is 22.0 Å². The van der Waals surface area contributed by atoms with Crippen molar-refractivity contribution in [2.24, 2.45) is 10.9 Å². The molecule has 1 fully saturated rings. The SMILES string of the molecule is CCOC(=O)[C@@H]1C(=O)NC(N2CCN(CC)CC2)=N[C@@H]1c1ccc(Cl)cc1. The molecule has 0 aromatic heterocycles. The Morgan fingerprint density at radius 1 is 1.22 bits per heavy atom. The van der Waals surface area contributed by atoms with Crippen molar-refractivity contribution in [3.63, 3.8) is 0 Å². The van der Waals surface area contributed by atoms with Gasteiger partial charge in [-0.25, -0.2) is 4.99 Å². The summed E-state index contributed by atoms with van der Waals surface area (Å²) < 4.78 is 5.12. The van der Waals surface area contributed by atoms with Crippen molar-refractivity contribution in [1.82, 2.24) is 15.1 Å². The molecule has 2 aliphatic heterocycles. The lowest BCUT2D eigenvalue weighted by atomic mass is 9.91. The molecule has 2 aliphatic rings. The van der Waals surface area contributed by atoms with E-state index in [0.717, 1.165) is 38.3 Å². The number of guanidine groups is 1. The van der Waals surface area contributed by atoms with Crippen LogP contribution in [0, 0.1) is 5.92 Å². The van der Waals surface area contributed by atoms with E-state index in [1.54, 1.807) is 31.2 Å². The van der Waals surface area contributed by atoms with Crippen LogP contribution in [-0.4, -0.2) is 67.0 Å². The van der Waals surface area contributed by atoms with Gasteiger partial charge < -0.3 is 14.5 Å². The molecule has 0 aliphatic carbocycles. The minimum atomic E-state index is -1.01. The fourth-order valence-corrected chi connectivity index (χ4v) is 3.53. The molecule has 0 radical (unpaired) electrons. The van der Waals surface area contributed by atoms with E-state index in [9.17, 15) is 9.59 Å². The summed E-state index contributed by atoms with van der Waals surface area (Å²) in [6.07, 6.45) is 0. The number of benzene rings is 1. The predicted molar refractivity (Wildman–Crippen MR) is 104 cm³/mol. The van der Waals surface area contributed by atoms with Crippen LogP contribution in [-0.2, 0) is 14.3 Å². The standard InChI is InChI=1S/C19H25ClN4O3/c1-3-23-9-11-24(12-10-23)19-21-16(13-5-7-14(20)8-6-13)15(17(25)22-19)18(26)27-4-2/h5-8,15-16H,3-4,9-12H2,1-2H3,(H,21,22,25)/t15-,16+/m0/s1. The third-order valence-electron chi connectivity index (χ3n) is 4.97. The number of aliphatic imine (C=N–C) groups is 1. The average molecular weight is 393 g/mol. The Labute approximate surface area is 164 Å². The maximum absolute atomic E-state index is 12.8. The van der Waals surface area contributed by atoms with Gasteiger partial charge in [-0.05, 0) is 31.2 Å². The molecule has 1 amide bonds. The molecule has 0 unspecified atom stereocenters. The van der Waals surface area contributed by atoms with Gasteiger partial charge in [-0.3, -0.25) is 14.9 Å². The molecule has 0 saturated carbocycles. The summed E-state index contributed by atoms with van der Waals surface area (Å²) in [5, 5.41) is 3.40. The molecule has 1 N–H and O–H groups in total. The lowest BCUT2D eigenvalue weighted by Gasteiger charge is -2.38. The van der Waals surface area contributed by atoms with Gasteiger partial charge >= 0.3 is 5.97 Å². The predicted octanol–water partition coefficient (Wildman–Crippen LogP) is 1.68. The van der Waals surface area contributed by atoms with Gasteiger partial charge in [0.2, 0.25) is 11.9 Å². The third kappa shape index (κ3) is 4.42. The van der Waals surface area contributed by atoms with E-state index in [1.165, 1.54) is 0 Å². The van der Waals surface area contributed by atoms with Crippen molar-refractivity contribution < 1.29 is 14.3 Å². The Morgan fingerprint density at radius 2 is 1.89 bits per heavy atom. The van der Waals surface area contributed by atoms with E-state index < -0.39 is 17.9 Å². The summed E-state index contributed by atoms with van der Waals surface area (Å²) in [6, 6.07) is 6.44. The second-order valence-electron chi connectivity index (χ2n) is 6.59. The maximum Gasteiger partial charge on any atom is 0.321 e. The first-order valence-electron chi connectivity index (χ1n) is 9.31. The number of nitrogens with one attached hydrogen (secondary N) is 1. The van der Waals surface area contributed by atoms with Crippen LogP contribution in [0.2, 0.25) is 5.02 Å². The number of carbonyl (C=O) groups excluding carboxylic acids is 2. The highest BCUT2D eigenvalue weighted by Gasteiger charge is 2.42. The Morgan fingerprint density at radius 3 is 2.48 bits per heavy atom. The molecule has 2 heterocycles. The van der Waals surface area contributed by atoms with Crippen molar-refractivity contribution in [2.75, 3.05) is 39.3 Å². The highest BCUT2D eigenvalue weighted by Crippen LogP contribution is 2.31. The van der Waals surface area contributed by atoms with Crippen molar-refractivity contribution in [3.05, 3.63) is 34.9 Å². The molecule has 27 heavy (non-hydrogen) atoms. The van der Waals surface area contributed by atoms with Crippen molar-refractivity contribution >= 4 is 29.4 Å². The Bertz CT molecular complexity index is 714. The number of rotatable bonds is 4. The average Bonchev–Trinajstić information content (AvgIpc) is 2.68. The van der Waals surface area contributed by atoms with Gasteiger partial charge in [0.25, 0.3) is 0 Å². The highest BCUT2D eigenvalue weighted by atomic mass is 35.5. The summed E-state index contributed by atoms with van der Waals surface area (Å²) in [5.74, 6) is -1.42. The van der Waals surface area contributed by atoms with Gasteiger partial charge in [-0.2, -0.15) is 0 Å². The van der Waals surface area contributed by atoms with Crippen molar-refractivity contribution in [1.29, 1.82) is 0 Å². The molecule has 0 spiro atoms. The summed E-state index contributed by atoms with van der Waals surface area (Å²) in [5.41, 5.74) is 0.761. The third-order valence-corrected chi connectivity index (χ3v) is 5.22. The smallest absolute Gasteiger partial charge is 0.321 e. The minimum absolute atomic E-state index is 0.214. The number of carbonyl (C=O) groups is 2. The summed E-state index contributed by atoms with van der Waals surface area (Å²) in [7, 11) is 0. The zero-order valence-electron chi connectivity index (χ0n) is 15.7. The second kappa shape index (κ2) is 8.71. The fourth-order valence-electron chi connectivity index (χ4n) is 3.40. The van der Waals surface area contributed by atoms with E-state index in [1.807, 2.05) is 0 Å². The number of piperazine rings is 1. The monoisotopic (exact) mass is 392 g/mol. The molecule has 1 aromatic carbocycles. The molecule has 1 aromatic rings. The summed E-state index contributed by atoms with van der Waals surface area (Å²) in [4.78, 5) is 34.4. The maximum atomic E-state index is 12.8. The molecule has 2 atom stereocenters. The number of amides is 1. The van der Waals surface area contributed by atoms with Gasteiger partial charge in [0, 0.05) is 31.2 Å². The Hall–Kier alpha value is -2.12. The van der Waals surface area contributed by atoms with E-state index in [-0.39, 0.29) is 12.5 Å². The molecule has 0 bridgehead atoms. The Balaban J connectivity index is 1.90. The number of esters is 1. The summed E-state index contributed by atoms with van der Waals surface area (Å²) in [6.45, 7) is 8.47. The molecule has 146 valence electrons. The molecular formula is C19H25ClN4O3. The lowest BCUT2D eigenvalue weighted by Crippen LogP contribution is -2.57. The first-order valence-corrected chi connectivity index (χ1v) is 9.69. The van der Waals surface area contributed by atoms with Crippen LogP contribution in [0.15, 0.2) is 29.3 Å². The highest BCUT2D eigenvalue weighted by molar-refractivity contribution is 6.30. The van der Waals surface area contributed by atoms with E-state index in [0.29, 0.717) is 11.0 Å². The zero-order valence-corrected chi connectivity index (χ0v) is 16.4. The van der Waals surface area contributed by atoms with Crippen LogP contribution in [0.25, 0.3) is 0 Å². The first-order chi connectivity index (χ1) is 13.0. The fraction of sp³-hybridized carbons (Fsp3) is 0.526. The van der Waals surface area contributed by atoms with Gasteiger partial charge in [-0.15, -0.1) is 0 Å². The van der Waals surface area contributed by atoms with Crippen LogP contribution in [0.5, 0.6) is 0 Å². The Kier molecular flexibility index (Phi) is 6.34. The van der Waals surface area contributed by atoms with E-state index >= 15 is 0 Å². The molecular weight excluding hydrogens is 368 g/mol. The van der Waals surface area contributed by atoms with Crippen LogP contribution >= 0.6 is 11.6 Å². The molecule has 1 saturated heterocycles. The molecule has 7 nitrogen and oxygen atoms in total. The summed E-state index contributed by atoms with van der Waals surface area (Å²) >= 11 is 5.99. The normalized spacial score (nSPS) is 23.6. The zero-order chi connectivity index (χ0) is 19.4. The van der Waals surface area contributed by atoms with Crippen molar-refractivity contribution in [3.8, 4) is 0 Å². The van der Waals surface area contributed by atoms with Crippen LogP contribution in [0.1, 0.15) is 25.5 Å². The first kappa shape index (κ1) is 19.6. The lowest BCUT2D eigenvalue weighted by molar-refractivity contribution is -0.153. The second-order valence-corrected chi connectivity index (χ2v) is 7.03. The number of hydrogen-bond donors (Lipinski definition) is 1. The van der Waals surface area contributed by atoms with Gasteiger partial charge in [-0.1, -0.05) is 30.7 Å². The van der Waals surface area contributed by atoms with Crippen LogP contribution < -0.4 is 5.32 Å².